The van der Waals surface area contributed by atoms with Crippen molar-refractivity contribution in [2.45, 2.75) is 45.2 Å². The molecule has 2 N–H and O–H groups in total. The minimum Gasteiger partial charge on any atom is -0.483 e. The van der Waals surface area contributed by atoms with Crippen LogP contribution in [-0.4, -0.2) is 63.2 Å². The van der Waals surface area contributed by atoms with Crippen LogP contribution < -0.4 is 10.2 Å². The van der Waals surface area contributed by atoms with E-state index in [0.29, 0.717) is 25.9 Å². The van der Waals surface area contributed by atoms with Crippen molar-refractivity contribution >= 4 is 29.3 Å². The average Bonchev–Trinajstić information content (AvgIpc) is 2.61. The molecule has 11 heteroatoms. The Bertz CT molecular complexity index is 774. The number of carbonyl (C=O) groups is 2. The number of hydrazine groups is 1. The molecule has 0 unspecified atom stereocenters. The SMILES string of the molecule is CC(C)(C)N(C(=O)O)C1CCN(NC(=O)COc2ccc(Cl)c([N+](=O)[O-])c2)CC1. The number of hydrogen-bond acceptors (Lipinski definition) is 6. The van der Waals surface area contributed by atoms with Crippen LogP contribution >= 0.6 is 11.6 Å². The van der Waals surface area contributed by atoms with Gasteiger partial charge in [0.05, 0.1) is 11.0 Å². The lowest BCUT2D eigenvalue weighted by Crippen LogP contribution is -2.57. The van der Waals surface area contributed by atoms with Crippen LogP contribution in [0.2, 0.25) is 5.02 Å². The van der Waals surface area contributed by atoms with Crippen molar-refractivity contribution in [1.82, 2.24) is 15.3 Å². The van der Waals surface area contributed by atoms with Gasteiger partial charge in [0.2, 0.25) is 0 Å². The van der Waals surface area contributed by atoms with Gasteiger partial charge in [-0.15, -0.1) is 0 Å². The first-order valence-electron chi connectivity index (χ1n) is 9.12. The molecule has 0 aliphatic carbocycles. The molecule has 0 atom stereocenters. The van der Waals surface area contributed by atoms with Crippen molar-refractivity contribution in [3.05, 3.63) is 33.3 Å². The molecule has 1 aromatic carbocycles. The van der Waals surface area contributed by atoms with Gasteiger partial charge < -0.3 is 14.7 Å². The Morgan fingerprint density at radius 2 is 2.00 bits per heavy atom. The van der Waals surface area contributed by atoms with E-state index in [4.69, 9.17) is 16.3 Å². The van der Waals surface area contributed by atoms with E-state index in [-0.39, 0.29) is 29.1 Å². The quantitative estimate of drug-likeness (QED) is 0.527. The van der Waals surface area contributed by atoms with Crippen molar-refractivity contribution in [2.24, 2.45) is 0 Å². The van der Waals surface area contributed by atoms with Crippen molar-refractivity contribution in [3.8, 4) is 5.75 Å². The molecule has 1 aliphatic rings. The molecule has 0 bridgehead atoms. The topological polar surface area (TPSA) is 125 Å². The molecule has 1 heterocycles. The monoisotopic (exact) mass is 428 g/mol. The molecular formula is C18H25ClN4O6. The number of halogens is 1. The third-order valence-electron chi connectivity index (χ3n) is 4.53. The van der Waals surface area contributed by atoms with Crippen molar-refractivity contribution < 1.29 is 24.4 Å². The van der Waals surface area contributed by atoms with E-state index in [9.17, 15) is 24.8 Å². The molecule has 29 heavy (non-hydrogen) atoms. The predicted octanol–water partition coefficient (Wildman–Crippen LogP) is 2.90. The lowest BCUT2D eigenvalue weighted by atomic mass is 9.97. The number of nitrogens with one attached hydrogen (secondary N) is 1. The third-order valence-corrected chi connectivity index (χ3v) is 4.85. The molecule has 1 aromatic rings. The van der Waals surface area contributed by atoms with Crippen LogP contribution in [0.25, 0.3) is 0 Å². The molecule has 160 valence electrons. The second-order valence-electron chi connectivity index (χ2n) is 7.74. The minimum absolute atomic E-state index is 0.0136. The summed E-state index contributed by atoms with van der Waals surface area (Å²) in [5.74, 6) is -0.246. The number of nitro benzene ring substituents is 1. The molecule has 1 fully saturated rings. The maximum absolute atomic E-state index is 12.1. The number of nitrogens with zero attached hydrogens (tertiary/aromatic N) is 3. The molecule has 0 spiro atoms. The number of ether oxygens (including phenoxy) is 1. The van der Waals surface area contributed by atoms with E-state index < -0.39 is 22.5 Å². The Kier molecular flexibility index (Phi) is 7.26. The van der Waals surface area contributed by atoms with Gasteiger partial charge >= 0.3 is 6.09 Å². The zero-order valence-electron chi connectivity index (χ0n) is 16.6. The van der Waals surface area contributed by atoms with Gasteiger partial charge in [0.1, 0.15) is 10.8 Å². The zero-order valence-corrected chi connectivity index (χ0v) is 17.3. The number of carboxylic acid groups (broad SMARTS) is 1. The molecule has 2 rings (SSSR count). The fourth-order valence-corrected chi connectivity index (χ4v) is 3.49. The highest BCUT2D eigenvalue weighted by Gasteiger charge is 2.35. The lowest BCUT2D eigenvalue weighted by Gasteiger charge is -2.43. The zero-order chi connectivity index (χ0) is 21.8. The summed E-state index contributed by atoms with van der Waals surface area (Å²) in [6.07, 6.45) is 0.229. The van der Waals surface area contributed by atoms with Crippen LogP contribution in [0.3, 0.4) is 0 Å². The van der Waals surface area contributed by atoms with Gasteiger partial charge in [-0.2, -0.15) is 0 Å². The number of nitro groups is 1. The summed E-state index contributed by atoms with van der Waals surface area (Å²) in [5.41, 5.74) is 1.91. The Labute approximate surface area is 173 Å². The second kappa shape index (κ2) is 9.27. The van der Waals surface area contributed by atoms with Crippen LogP contribution in [-0.2, 0) is 4.79 Å². The van der Waals surface area contributed by atoms with E-state index >= 15 is 0 Å². The largest absolute Gasteiger partial charge is 0.483 e. The first-order chi connectivity index (χ1) is 13.5. The number of amides is 2. The lowest BCUT2D eigenvalue weighted by molar-refractivity contribution is -0.384. The molecule has 0 aromatic heterocycles. The molecule has 2 amide bonds. The molecule has 1 aliphatic heterocycles. The van der Waals surface area contributed by atoms with Crippen LogP contribution in [0.5, 0.6) is 5.75 Å². The predicted molar refractivity (Wildman–Crippen MR) is 106 cm³/mol. The van der Waals surface area contributed by atoms with Crippen LogP contribution in [0.4, 0.5) is 10.5 Å². The highest BCUT2D eigenvalue weighted by Crippen LogP contribution is 2.28. The minimum atomic E-state index is -0.953. The van der Waals surface area contributed by atoms with Gasteiger partial charge in [-0.1, -0.05) is 11.6 Å². The summed E-state index contributed by atoms with van der Waals surface area (Å²) in [7, 11) is 0. The van der Waals surface area contributed by atoms with Crippen LogP contribution in [0, 0.1) is 10.1 Å². The first kappa shape index (κ1) is 22.7. The van der Waals surface area contributed by atoms with Gasteiger partial charge in [0.15, 0.2) is 6.61 Å². The molecule has 0 saturated carbocycles. The van der Waals surface area contributed by atoms with Gasteiger partial charge in [-0.05, 0) is 45.7 Å². The van der Waals surface area contributed by atoms with E-state index in [2.05, 4.69) is 5.43 Å². The molecular weight excluding hydrogens is 404 g/mol. The average molecular weight is 429 g/mol. The normalized spacial score (nSPS) is 15.6. The number of rotatable bonds is 6. The van der Waals surface area contributed by atoms with E-state index in [0.717, 1.165) is 6.07 Å². The number of benzene rings is 1. The number of carbonyl (C=O) groups excluding carboxylic acids is 1. The summed E-state index contributed by atoms with van der Waals surface area (Å²) < 4.78 is 5.30. The van der Waals surface area contributed by atoms with Gasteiger partial charge in [-0.25, -0.2) is 9.80 Å². The summed E-state index contributed by atoms with van der Waals surface area (Å²) in [6.45, 7) is 6.25. The van der Waals surface area contributed by atoms with Gasteiger partial charge in [0.25, 0.3) is 11.6 Å². The van der Waals surface area contributed by atoms with E-state index in [1.807, 2.05) is 20.8 Å². The Morgan fingerprint density at radius 1 is 1.38 bits per heavy atom. The van der Waals surface area contributed by atoms with Crippen LogP contribution in [0.15, 0.2) is 18.2 Å². The molecule has 0 radical (unpaired) electrons. The highest BCUT2D eigenvalue weighted by molar-refractivity contribution is 6.32. The number of hydrogen-bond donors (Lipinski definition) is 2. The fourth-order valence-electron chi connectivity index (χ4n) is 3.31. The van der Waals surface area contributed by atoms with Crippen LogP contribution in [0.1, 0.15) is 33.6 Å². The smallest absolute Gasteiger partial charge is 0.407 e. The molecule has 10 nitrogen and oxygen atoms in total. The van der Waals surface area contributed by atoms with Gasteiger partial charge in [0, 0.05) is 24.7 Å². The van der Waals surface area contributed by atoms with E-state index in [1.165, 1.54) is 17.0 Å². The van der Waals surface area contributed by atoms with Crippen molar-refractivity contribution in [2.75, 3.05) is 19.7 Å². The Balaban J connectivity index is 1.84. The van der Waals surface area contributed by atoms with Crippen molar-refractivity contribution in [3.63, 3.8) is 0 Å². The summed E-state index contributed by atoms with van der Waals surface area (Å²) in [5, 5.41) is 22.1. The number of piperidine rings is 1. The van der Waals surface area contributed by atoms with E-state index in [1.54, 1.807) is 5.01 Å². The summed E-state index contributed by atoms with van der Waals surface area (Å²) in [4.78, 5) is 35.4. The summed E-state index contributed by atoms with van der Waals surface area (Å²) >= 11 is 5.74. The third kappa shape index (κ3) is 6.20. The fraction of sp³-hybridized carbons (Fsp3) is 0.556. The van der Waals surface area contributed by atoms with Gasteiger partial charge in [-0.3, -0.25) is 20.3 Å². The molecule has 1 saturated heterocycles. The Hall–Kier alpha value is -2.59. The maximum Gasteiger partial charge on any atom is 0.407 e. The Morgan fingerprint density at radius 3 is 2.52 bits per heavy atom. The maximum atomic E-state index is 12.1. The standard InChI is InChI=1S/C18H25ClN4O6/c1-18(2,3)22(17(25)26)12-6-8-21(9-7-12)20-16(24)11-29-13-4-5-14(19)15(10-13)23(27)28/h4-5,10,12H,6-9,11H2,1-3H3,(H,20,24)(H,25,26). The summed E-state index contributed by atoms with van der Waals surface area (Å²) in [6, 6.07) is 3.82. The second-order valence-corrected chi connectivity index (χ2v) is 8.14. The van der Waals surface area contributed by atoms with Crippen molar-refractivity contribution in [1.29, 1.82) is 0 Å². The first-order valence-corrected chi connectivity index (χ1v) is 9.50. The highest BCUT2D eigenvalue weighted by atomic mass is 35.5.